The maximum absolute atomic E-state index is 6.37. The molecule has 0 amide bonds. The topological polar surface area (TPSA) is 35.2 Å². The van der Waals surface area contributed by atoms with Gasteiger partial charge in [0.25, 0.3) is 0 Å². The molecule has 2 aromatic rings. The first-order valence-corrected chi connectivity index (χ1v) is 8.70. The van der Waals surface area contributed by atoms with Crippen molar-refractivity contribution in [3.05, 3.63) is 60.0 Å². The summed E-state index contributed by atoms with van der Waals surface area (Å²) in [6.07, 6.45) is 0.754. The van der Waals surface area contributed by atoms with E-state index in [1.54, 1.807) is 7.11 Å². The Labute approximate surface area is 149 Å². The SMILES string of the molecule is COc1ccc(Br)c(CC(N)c2cc(Br)ccc2I)c1. The summed E-state index contributed by atoms with van der Waals surface area (Å²) in [7, 11) is 1.67. The second-order valence-electron chi connectivity index (χ2n) is 4.43. The molecular formula is C15H14Br2INO. The lowest BCUT2D eigenvalue weighted by atomic mass is 9.99. The van der Waals surface area contributed by atoms with Crippen molar-refractivity contribution < 1.29 is 4.74 Å². The number of methoxy groups -OCH3 is 1. The zero-order chi connectivity index (χ0) is 14.7. The molecule has 106 valence electrons. The van der Waals surface area contributed by atoms with Crippen LogP contribution in [0.4, 0.5) is 0 Å². The molecular weight excluding hydrogens is 497 g/mol. The quantitative estimate of drug-likeness (QED) is 0.583. The third kappa shape index (κ3) is 3.96. The van der Waals surface area contributed by atoms with E-state index in [1.165, 1.54) is 3.57 Å². The predicted molar refractivity (Wildman–Crippen MR) is 98.2 cm³/mol. The fraction of sp³-hybridized carbons (Fsp3) is 0.200. The van der Waals surface area contributed by atoms with Gasteiger partial charge in [0.05, 0.1) is 7.11 Å². The zero-order valence-corrected chi connectivity index (χ0v) is 16.2. The molecule has 1 unspecified atom stereocenters. The summed E-state index contributed by atoms with van der Waals surface area (Å²) >= 11 is 9.39. The molecule has 0 aromatic heterocycles. The molecule has 0 aliphatic heterocycles. The molecule has 5 heteroatoms. The van der Waals surface area contributed by atoms with Crippen molar-refractivity contribution in [1.29, 1.82) is 0 Å². The summed E-state index contributed by atoms with van der Waals surface area (Å²) in [6, 6.07) is 12.1. The number of hydrogen-bond acceptors (Lipinski definition) is 2. The molecule has 20 heavy (non-hydrogen) atoms. The van der Waals surface area contributed by atoms with Crippen LogP contribution in [0.1, 0.15) is 17.2 Å². The summed E-state index contributed by atoms with van der Waals surface area (Å²) in [4.78, 5) is 0. The minimum Gasteiger partial charge on any atom is -0.497 e. The second kappa shape index (κ2) is 7.24. The van der Waals surface area contributed by atoms with Crippen LogP contribution in [0.5, 0.6) is 5.75 Å². The maximum atomic E-state index is 6.37. The molecule has 0 fully saturated rings. The van der Waals surface area contributed by atoms with E-state index in [0.29, 0.717) is 0 Å². The third-order valence-electron chi connectivity index (χ3n) is 3.05. The van der Waals surface area contributed by atoms with Gasteiger partial charge in [0, 0.05) is 18.6 Å². The Kier molecular flexibility index (Phi) is 5.89. The van der Waals surface area contributed by atoms with Crippen LogP contribution < -0.4 is 10.5 Å². The normalized spacial score (nSPS) is 12.2. The highest BCUT2D eigenvalue weighted by Crippen LogP contribution is 2.29. The number of ether oxygens (including phenoxy) is 1. The summed E-state index contributed by atoms with van der Waals surface area (Å²) in [5, 5.41) is 0. The fourth-order valence-electron chi connectivity index (χ4n) is 1.98. The van der Waals surface area contributed by atoms with Gasteiger partial charge in [-0.05, 0) is 76.5 Å². The van der Waals surface area contributed by atoms with E-state index in [2.05, 4.69) is 66.6 Å². The zero-order valence-electron chi connectivity index (χ0n) is 10.9. The monoisotopic (exact) mass is 509 g/mol. The number of nitrogens with two attached hydrogens (primary N) is 1. The third-order valence-corrected chi connectivity index (χ3v) is 5.30. The summed E-state index contributed by atoms with van der Waals surface area (Å²) in [6.45, 7) is 0. The van der Waals surface area contributed by atoms with Crippen molar-refractivity contribution >= 4 is 54.5 Å². The number of rotatable bonds is 4. The molecule has 0 spiro atoms. The van der Waals surface area contributed by atoms with Crippen LogP contribution in [-0.4, -0.2) is 7.11 Å². The van der Waals surface area contributed by atoms with E-state index >= 15 is 0 Å². The van der Waals surface area contributed by atoms with E-state index < -0.39 is 0 Å². The van der Waals surface area contributed by atoms with Crippen LogP contribution in [0.2, 0.25) is 0 Å². The first-order chi connectivity index (χ1) is 9.51. The molecule has 0 bridgehead atoms. The van der Waals surface area contributed by atoms with Gasteiger partial charge in [0.15, 0.2) is 0 Å². The van der Waals surface area contributed by atoms with Gasteiger partial charge in [0.2, 0.25) is 0 Å². The van der Waals surface area contributed by atoms with Gasteiger partial charge >= 0.3 is 0 Å². The van der Waals surface area contributed by atoms with Crippen LogP contribution in [0.25, 0.3) is 0 Å². The molecule has 2 rings (SSSR count). The molecule has 0 aliphatic rings. The van der Waals surface area contributed by atoms with Crippen LogP contribution in [-0.2, 0) is 6.42 Å². The Morgan fingerprint density at radius 3 is 2.65 bits per heavy atom. The average Bonchev–Trinajstić information content (AvgIpc) is 2.43. The van der Waals surface area contributed by atoms with Gasteiger partial charge in [-0.1, -0.05) is 31.9 Å². The highest BCUT2D eigenvalue weighted by molar-refractivity contribution is 14.1. The van der Waals surface area contributed by atoms with Crippen molar-refractivity contribution in [3.63, 3.8) is 0 Å². The van der Waals surface area contributed by atoms with Crippen molar-refractivity contribution in [3.8, 4) is 5.75 Å². The van der Waals surface area contributed by atoms with E-state index in [1.807, 2.05) is 24.3 Å². The van der Waals surface area contributed by atoms with Crippen LogP contribution in [0.15, 0.2) is 45.3 Å². The number of benzene rings is 2. The van der Waals surface area contributed by atoms with Gasteiger partial charge < -0.3 is 10.5 Å². The van der Waals surface area contributed by atoms with E-state index in [9.17, 15) is 0 Å². The van der Waals surface area contributed by atoms with Gasteiger partial charge in [-0.3, -0.25) is 0 Å². The Morgan fingerprint density at radius 2 is 1.95 bits per heavy atom. The largest absolute Gasteiger partial charge is 0.497 e. The van der Waals surface area contributed by atoms with E-state index in [0.717, 1.165) is 32.2 Å². The Bertz CT molecular complexity index is 619. The van der Waals surface area contributed by atoms with Crippen LogP contribution in [0.3, 0.4) is 0 Å². The molecule has 0 heterocycles. The van der Waals surface area contributed by atoms with E-state index in [-0.39, 0.29) is 6.04 Å². The van der Waals surface area contributed by atoms with Gasteiger partial charge in [0.1, 0.15) is 5.75 Å². The average molecular weight is 511 g/mol. The number of halogens is 3. The Hall–Kier alpha value is -0.110. The Morgan fingerprint density at radius 1 is 1.20 bits per heavy atom. The minimum atomic E-state index is -0.0530. The molecule has 2 N–H and O–H groups in total. The predicted octanol–water partition coefficient (Wildman–Crippen LogP) is 5.07. The molecule has 1 atom stereocenters. The minimum absolute atomic E-state index is 0.0530. The Balaban J connectivity index is 2.27. The lowest BCUT2D eigenvalue weighted by Crippen LogP contribution is -2.15. The van der Waals surface area contributed by atoms with E-state index in [4.69, 9.17) is 10.5 Å². The molecule has 0 saturated heterocycles. The highest BCUT2D eigenvalue weighted by Gasteiger charge is 2.13. The smallest absolute Gasteiger partial charge is 0.119 e. The second-order valence-corrected chi connectivity index (χ2v) is 7.37. The van der Waals surface area contributed by atoms with Gasteiger partial charge in [-0.2, -0.15) is 0 Å². The lowest BCUT2D eigenvalue weighted by Gasteiger charge is -2.16. The first-order valence-electron chi connectivity index (χ1n) is 6.04. The standard InChI is InChI=1S/C15H14Br2INO/c1-20-11-3-4-13(17)9(6-11)7-15(19)12-8-10(16)2-5-14(12)18/h2-6,8,15H,7,19H2,1H3. The molecule has 2 aromatic carbocycles. The lowest BCUT2D eigenvalue weighted by molar-refractivity contribution is 0.414. The maximum Gasteiger partial charge on any atom is 0.119 e. The first kappa shape index (κ1) is 16.3. The molecule has 0 saturated carbocycles. The van der Waals surface area contributed by atoms with Crippen molar-refractivity contribution in [2.45, 2.75) is 12.5 Å². The number of hydrogen-bond donors (Lipinski definition) is 1. The molecule has 0 aliphatic carbocycles. The summed E-state index contributed by atoms with van der Waals surface area (Å²) < 4.78 is 8.55. The highest BCUT2D eigenvalue weighted by atomic mass is 127. The molecule has 0 radical (unpaired) electrons. The van der Waals surface area contributed by atoms with Crippen LogP contribution >= 0.6 is 54.5 Å². The van der Waals surface area contributed by atoms with Crippen molar-refractivity contribution in [1.82, 2.24) is 0 Å². The van der Waals surface area contributed by atoms with Crippen LogP contribution in [0, 0.1) is 3.57 Å². The summed E-state index contributed by atoms with van der Waals surface area (Å²) in [5.41, 5.74) is 8.66. The van der Waals surface area contributed by atoms with Gasteiger partial charge in [-0.15, -0.1) is 0 Å². The fourth-order valence-corrected chi connectivity index (χ4v) is 3.50. The van der Waals surface area contributed by atoms with Gasteiger partial charge in [-0.25, -0.2) is 0 Å². The summed E-state index contributed by atoms with van der Waals surface area (Å²) in [5.74, 6) is 0.847. The molecule has 2 nitrogen and oxygen atoms in total. The van der Waals surface area contributed by atoms with Crippen molar-refractivity contribution in [2.75, 3.05) is 7.11 Å². The van der Waals surface area contributed by atoms with Crippen molar-refractivity contribution in [2.24, 2.45) is 5.73 Å².